The average molecular weight is 471 g/mol. The monoisotopic (exact) mass is 468 g/mol. The van der Waals surface area contributed by atoms with Crippen molar-refractivity contribution in [3.8, 4) is 0 Å². The van der Waals surface area contributed by atoms with Crippen molar-refractivity contribution in [3.05, 3.63) is 36.4 Å². The smallest absolute Gasteiger partial charge is 1.00 e. The summed E-state index contributed by atoms with van der Waals surface area (Å²) in [7, 11) is -1.54. The second kappa shape index (κ2) is 7.98. The summed E-state index contributed by atoms with van der Waals surface area (Å²) in [6.07, 6.45) is 0.149. The van der Waals surface area contributed by atoms with Crippen LogP contribution in [-0.2, 0) is 31.0 Å². The molecule has 0 aliphatic carbocycles. The van der Waals surface area contributed by atoms with Crippen molar-refractivity contribution in [2.24, 2.45) is 0 Å². The van der Waals surface area contributed by atoms with Gasteiger partial charge in [-0.1, -0.05) is 42.5 Å². The minimum absolute atomic E-state index is 0. The van der Waals surface area contributed by atoms with Crippen LogP contribution in [0.3, 0.4) is 0 Å². The minimum atomic E-state index is -1.54. The summed E-state index contributed by atoms with van der Waals surface area (Å²) in [4.78, 5) is 11.9. The molecule has 2 N–H and O–H groups in total. The fourth-order valence-corrected chi connectivity index (χ4v) is 7.29. The third-order valence-corrected chi connectivity index (χ3v) is 8.01. The molecule has 129 valence electrons. The number of halogens is 2. The van der Waals surface area contributed by atoms with E-state index in [1.165, 1.54) is 31.9 Å². The maximum atomic E-state index is 11.9. The molecule has 4 rings (SSSR count). The summed E-state index contributed by atoms with van der Waals surface area (Å²) in [6, 6.07) is 12.8. The number of anilines is 1. The molecular formula is C18H18Cl2NO2SiZr. The minimum Gasteiger partial charge on any atom is -1.00 e. The molecule has 0 atom stereocenters. The Hall–Kier alpha value is -0.580. The van der Waals surface area contributed by atoms with Gasteiger partial charge in [-0.05, 0) is 0 Å². The SMILES string of the molecule is C[Si]1(C)c2c(NC(=O)CCO)cc3c([cH-]c4ccccc43)c21.[Cl-].[Cl-].[Zr+3]. The predicted octanol–water partition coefficient (Wildman–Crippen LogP) is -3.83. The summed E-state index contributed by atoms with van der Waals surface area (Å²) in [5, 5.41) is 19.9. The van der Waals surface area contributed by atoms with Crippen molar-refractivity contribution in [3.63, 3.8) is 0 Å². The molecule has 0 aromatic heterocycles. The Morgan fingerprint density at radius 2 is 1.84 bits per heavy atom. The number of rotatable bonds is 3. The summed E-state index contributed by atoms with van der Waals surface area (Å²) < 4.78 is 0. The fourth-order valence-electron chi connectivity index (χ4n) is 3.65. The summed E-state index contributed by atoms with van der Waals surface area (Å²) in [5.41, 5.74) is 0.953. The molecule has 0 unspecified atom stereocenters. The number of hydrogen-bond donors (Lipinski definition) is 2. The van der Waals surface area contributed by atoms with E-state index in [2.05, 4.69) is 54.8 Å². The number of benzene rings is 2. The number of fused-ring (bicyclic) bond motifs is 5. The molecule has 25 heavy (non-hydrogen) atoms. The maximum absolute atomic E-state index is 11.9. The molecule has 0 spiro atoms. The summed E-state index contributed by atoms with van der Waals surface area (Å²) >= 11 is 0. The molecule has 1 radical (unpaired) electrons. The summed E-state index contributed by atoms with van der Waals surface area (Å²) in [5.74, 6) is -0.114. The van der Waals surface area contributed by atoms with Gasteiger partial charge in [0.2, 0.25) is 5.91 Å². The van der Waals surface area contributed by atoms with Gasteiger partial charge in [0.25, 0.3) is 0 Å². The van der Waals surface area contributed by atoms with E-state index in [-0.39, 0.29) is 70.0 Å². The Balaban J connectivity index is 0.00000104. The van der Waals surface area contributed by atoms with Crippen LogP contribution in [0.2, 0.25) is 13.1 Å². The number of nitrogens with one attached hydrogen (secondary N) is 1. The van der Waals surface area contributed by atoms with Crippen LogP contribution in [0.4, 0.5) is 5.69 Å². The molecule has 0 saturated carbocycles. The van der Waals surface area contributed by atoms with E-state index in [0.717, 1.165) is 5.69 Å². The first kappa shape index (κ1) is 22.5. The normalized spacial score (nSPS) is 13.2. The maximum Gasteiger partial charge on any atom is 3.00 e. The number of aliphatic hydroxyl groups excluding tert-OH is 1. The molecule has 1 aliphatic heterocycles. The van der Waals surface area contributed by atoms with Crippen molar-refractivity contribution in [2.45, 2.75) is 19.5 Å². The third-order valence-electron chi connectivity index (χ3n) is 4.72. The molecule has 7 heteroatoms. The van der Waals surface area contributed by atoms with Gasteiger partial charge in [0.05, 0.1) is 21.1 Å². The molecule has 3 aromatic rings. The predicted molar refractivity (Wildman–Crippen MR) is 94.1 cm³/mol. The fraction of sp³-hybridized carbons (Fsp3) is 0.222. The van der Waals surface area contributed by atoms with E-state index in [0.29, 0.717) is 0 Å². The molecule has 0 bridgehead atoms. The zero-order valence-corrected chi connectivity index (χ0v) is 19.0. The van der Waals surface area contributed by atoms with Crippen molar-refractivity contribution in [1.29, 1.82) is 0 Å². The van der Waals surface area contributed by atoms with E-state index < -0.39 is 8.07 Å². The standard InChI is InChI=1S/C18H18NO2Si.2ClH.Zr/c1-22(2)17-14-9-11-5-3-4-6-12(11)13(14)10-15(18(17)22)19-16(21)7-8-20;;;/h3-6,9-10,20H,7-8H2,1-2H3,(H,19,21);2*1H;/q-1;;;+3/p-2. The van der Waals surface area contributed by atoms with Gasteiger partial charge >= 0.3 is 26.2 Å². The molecule has 1 aliphatic rings. The van der Waals surface area contributed by atoms with Gasteiger partial charge in [0, 0.05) is 5.69 Å². The molecular weight excluding hydrogens is 452 g/mol. The Morgan fingerprint density at radius 3 is 2.52 bits per heavy atom. The average Bonchev–Trinajstić information content (AvgIpc) is 2.89. The second-order valence-corrected chi connectivity index (χ2v) is 10.8. The molecule has 0 fully saturated rings. The van der Waals surface area contributed by atoms with Crippen molar-refractivity contribution < 1.29 is 60.9 Å². The number of carbonyl (C=O) groups is 1. The largest absolute Gasteiger partial charge is 3.00 e. The number of carbonyl (C=O) groups excluding carboxylic acids is 1. The Labute approximate surface area is 179 Å². The molecule has 3 nitrogen and oxygen atoms in total. The summed E-state index contributed by atoms with van der Waals surface area (Å²) in [6.45, 7) is 4.54. The molecule has 1 amide bonds. The number of aliphatic hydroxyl groups is 1. The molecule has 3 aromatic carbocycles. The Bertz CT molecular complexity index is 940. The van der Waals surface area contributed by atoms with Crippen molar-refractivity contribution in [2.75, 3.05) is 11.9 Å². The molecule has 0 saturated heterocycles. The first-order valence-electron chi connectivity index (χ1n) is 7.61. The first-order chi connectivity index (χ1) is 10.5. The number of hydrogen-bond acceptors (Lipinski definition) is 2. The van der Waals surface area contributed by atoms with E-state index in [1.54, 1.807) is 0 Å². The quantitative estimate of drug-likeness (QED) is 0.305. The van der Waals surface area contributed by atoms with Crippen LogP contribution in [0, 0.1) is 0 Å². The van der Waals surface area contributed by atoms with Crippen LogP contribution < -0.4 is 40.5 Å². The Kier molecular flexibility index (Phi) is 7.17. The second-order valence-electron chi connectivity index (χ2n) is 6.51. The number of amides is 1. The van der Waals surface area contributed by atoms with Crippen LogP contribution in [-0.4, -0.2) is 25.7 Å². The third kappa shape index (κ3) is 3.50. The Morgan fingerprint density at radius 1 is 1.16 bits per heavy atom. The molecule has 1 heterocycles. The van der Waals surface area contributed by atoms with Gasteiger partial charge in [-0.25, -0.2) is 0 Å². The van der Waals surface area contributed by atoms with E-state index >= 15 is 0 Å². The van der Waals surface area contributed by atoms with Crippen molar-refractivity contribution in [1.82, 2.24) is 0 Å². The van der Waals surface area contributed by atoms with Crippen LogP contribution >= 0.6 is 0 Å². The van der Waals surface area contributed by atoms with Crippen LogP contribution in [0.25, 0.3) is 21.5 Å². The first-order valence-corrected chi connectivity index (χ1v) is 10.6. The zero-order valence-electron chi connectivity index (χ0n) is 14.0. The van der Waals surface area contributed by atoms with Gasteiger partial charge in [-0.15, -0.1) is 38.9 Å². The van der Waals surface area contributed by atoms with E-state index in [9.17, 15) is 4.79 Å². The zero-order chi connectivity index (χ0) is 15.5. The topological polar surface area (TPSA) is 49.3 Å². The van der Waals surface area contributed by atoms with Gasteiger partial charge in [-0.2, -0.15) is 0 Å². The van der Waals surface area contributed by atoms with Crippen LogP contribution in [0.1, 0.15) is 6.42 Å². The van der Waals surface area contributed by atoms with Gasteiger partial charge < -0.3 is 35.2 Å². The van der Waals surface area contributed by atoms with Gasteiger partial charge in [0.15, 0.2) is 0 Å². The van der Waals surface area contributed by atoms with Gasteiger partial charge in [0.1, 0.15) is 0 Å². The van der Waals surface area contributed by atoms with Crippen LogP contribution in [0.15, 0.2) is 36.4 Å². The van der Waals surface area contributed by atoms with E-state index in [1.807, 2.05) is 0 Å². The van der Waals surface area contributed by atoms with Crippen LogP contribution in [0.5, 0.6) is 0 Å². The van der Waals surface area contributed by atoms with Crippen molar-refractivity contribution >= 4 is 51.6 Å². The van der Waals surface area contributed by atoms with E-state index in [4.69, 9.17) is 5.11 Å². The van der Waals surface area contributed by atoms with Gasteiger partial charge in [-0.3, -0.25) is 4.79 Å².